The van der Waals surface area contributed by atoms with Gasteiger partial charge in [0.2, 0.25) is 0 Å². The summed E-state index contributed by atoms with van der Waals surface area (Å²) >= 11 is 0. The van der Waals surface area contributed by atoms with Gasteiger partial charge >= 0.3 is 6.09 Å². The highest BCUT2D eigenvalue weighted by molar-refractivity contribution is 5.69. The fourth-order valence-electron chi connectivity index (χ4n) is 2.98. The Morgan fingerprint density at radius 2 is 2.05 bits per heavy atom. The van der Waals surface area contributed by atoms with Gasteiger partial charge in [0.1, 0.15) is 5.60 Å². The van der Waals surface area contributed by atoms with Crippen molar-refractivity contribution < 1.29 is 14.6 Å². The molecule has 0 spiro atoms. The van der Waals surface area contributed by atoms with Gasteiger partial charge in [0.15, 0.2) is 0 Å². The van der Waals surface area contributed by atoms with Crippen molar-refractivity contribution in [2.45, 2.75) is 69.6 Å². The average molecular weight is 270 g/mol. The minimum Gasteiger partial charge on any atom is -0.444 e. The van der Waals surface area contributed by atoms with Crippen molar-refractivity contribution >= 4 is 6.09 Å². The molecular weight excluding hydrogens is 244 g/mol. The summed E-state index contributed by atoms with van der Waals surface area (Å²) < 4.78 is 5.32. The van der Waals surface area contributed by atoms with E-state index in [0.29, 0.717) is 13.0 Å². The van der Waals surface area contributed by atoms with E-state index in [9.17, 15) is 9.90 Å². The molecule has 1 aliphatic carbocycles. The van der Waals surface area contributed by atoms with E-state index in [1.54, 1.807) is 0 Å². The maximum atomic E-state index is 11.9. The van der Waals surface area contributed by atoms with Gasteiger partial charge in [-0.05, 0) is 53.0 Å². The molecule has 5 nitrogen and oxygen atoms in total. The molecule has 0 aromatic rings. The molecule has 2 rings (SSSR count). The van der Waals surface area contributed by atoms with Crippen LogP contribution in [0.1, 0.15) is 52.9 Å². The van der Waals surface area contributed by atoms with E-state index in [1.165, 1.54) is 0 Å². The lowest BCUT2D eigenvalue weighted by Gasteiger charge is -2.46. The normalized spacial score (nSPS) is 29.7. The van der Waals surface area contributed by atoms with Crippen LogP contribution < -0.4 is 10.6 Å². The first kappa shape index (κ1) is 14.6. The first-order chi connectivity index (χ1) is 8.72. The van der Waals surface area contributed by atoms with Crippen molar-refractivity contribution in [2.75, 3.05) is 13.1 Å². The van der Waals surface area contributed by atoms with E-state index in [1.807, 2.05) is 20.8 Å². The average Bonchev–Trinajstić information content (AvgIpc) is 2.58. The molecule has 1 heterocycles. The van der Waals surface area contributed by atoms with Crippen LogP contribution in [-0.4, -0.2) is 41.0 Å². The standard InChI is InChI=1S/C14H26N2O3/c1-12(2,3)19-11(17)16-13(5-4-6-13)9-14(18)7-8-15-10-14/h15,18H,4-10H2,1-3H3,(H,16,17). The quantitative estimate of drug-likeness (QED) is 0.727. The number of rotatable bonds is 3. The molecule has 2 aliphatic rings. The molecule has 110 valence electrons. The van der Waals surface area contributed by atoms with Gasteiger partial charge in [-0.1, -0.05) is 0 Å². The van der Waals surface area contributed by atoms with Crippen molar-refractivity contribution in [3.05, 3.63) is 0 Å². The zero-order valence-electron chi connectivity index (χ0n) is 12.2. The molecule has 1 saturated heterocycles. The van der Waals surface area contributed by atoms with Gasteiger partial charge in [-0.3, -0.25) is 0 Å². The molecule has 1 atom stereocenters. The second kappa shape index (κ2) is 4.94. The van der Waals surface area contributed by atoms with Crippen molar-refractivity contribution in [3.63, 3.8) is 0 Å². The summed E-state index contributed by atoms with van der Waals surface area (Å²) in [5, 5.41) is 16.7. The highest BCUT2D eigenvalue weighted by Crippen LogP contribution is 2.40. The smallest absolute Gasteiger partial charge is 0.408 e. The Hall–Kier alpha value is -0.810. The molecular formula is C14H26N2O3. The number of carbonyl (C=O) groups is 1. The molecule has 1 saturated carbocycles. The van der Waals surface area contributed by atoms with E-state index in [0.717, 1.165) is 32.2 Å². The summed E-state index contributed by atoms with van der Waals surface area (Å²) in [6.45, 7) is 7.03. The van der Waals surface area contributed by atoms with Crippen LogP contribution in [0.4, 0.5) is 4.79 Å². The van der Waals surface area contributed by atoms with Crippen molar-refractivity contribution in [1.29, 1.82) is 0 Å². The van der Waals surface area contributed by atoms with Gasteiger partial charge in [-0.25, -0.2) is 4.79 Å². The van der Waals surface area contributed by atoms with Crippen LogP contribution in [0.2, 0.25) is 0 Å². The molecule has 0 aromatic carbocycles. The fraction of sp³-hybridized carbons (Fsp3) is 0.929. The number of aliphatic hydroxyl groups is 1. The number of hydrogen-bond acceptors (Lipinski definition) is 4. The van der Waals surface area contributed by atoms with Crippen LogP contribution >= 0.6 is 0 Å². The number of β-amino-alcohol motifs (C(OH)–C–C–N with tert-alkyl or cyclic N) is 1. The first-order valence-electron chi connectivity index (χ1n) is 7.16. The molecule has 0 bridgehead atoms. The van der Waals surface area contributed by atoms with E-state index in [4.69, 9.17) is 4.74 Å². The minimum absolute atomic E-state index is 0.275. The predicted octanol–water partition coefficient (Wildman–Crippen LogP) is 1.55. The van der Waals surface area contributed by atoms with Crippen LogP contribution in [0.5, 0.6) is 0 Å². The van der Waals surface area contributed by atoms with E-state index < -0.39 is 11.2 Å². The van der Waals surface area contributed by atoms with Gasteiger partial charge in [0, 0.05) is 18.5 Å². The molecule has 5 heteroatoms. The largest absolute Gasteiger partial charge is 0.444 e. The van der Waals surface area contributed by atoms with E-state index >= 15 is 0 Å². The number of nitrogens with one attached hydrogen (secondary N) is 2. The lowest BCUT2D eigenvalue weighted by molar-refractivity contribution is -0.00962. The lowest BCUT2D eigenvalue weighted by Crippen LogP contribution is -2.58. The van der Waals surface area contributed by atoms with Crippen molar-refractivity contribution in [3.8, 4) is 0 Å². The van der Waals surface area contributed by atoms with Crippen LogP contribution in [0.3, 0.4) is 0 Å². The van der Waals surface area contributed by atoms with Gasteiger partial charge in [0.05, 0.1) is 5.60 Å². The molecule has 19 heavy (non-hydrogen) atoms. The Kier molecular flexibility index (Phi) is 3.80. The maximum Gasteiger partial charge on any atom is 0.408 e. The number of alkyl carbamates (subject to hydrolysis) is 1. The van der Waals surface area contributed by atoms with E-state index in [-0.39, 0.29) is 11.6 Å². The van der Waals surface area contributed by atoms with Crippen molar-refractivity contribution in [2.24, 2.45) is 0 Å². The fourth-order valence-corrected chi connectivity index (χ4v) is 2.98. The maximum absolute atomic E-state index is 11.9. The Labute approximate surface area is 115 Å². The van der Waals surface area contributed by atoms with Crippen LogP contribution in [-0.2, 0) is 4.74 Å². The van der Waals surface area contributed by atoms with Crippen molar-refractivity contribution in [1.82, 2.24) is 10.6 Å². The predicted molar refractivity (Wildman–Crippen MR) is 73.0 cm³/mol. The molecule has 0 radical (unpaired) electrons. The topological polar surface area (TPSA) is 70.6 Å². The first-order valence-corrected chi connectivity index (χ1v) is 7.16. The van der Waals surface area contributed by atoms with Gasteiger partial charge in [-0.2, -0.15) is 0 Å². The zero-order valence-corrected chi connectivity index (χ0v) is 12.2. The Morgan fingerprint density at radius 1 is 1.37 bits per heavy atom. The number of carbonyl (C=O) groups excluding carboxylic acids is 1. The van der Waals surface area contributed by atoms with Gasteiger partial charge in [-0.15, -0.1) is 0 Å². The summed E-state index contributed by atoms with van der Waals surface area (Å²) in [6, 6.07) is 0. The van der Waals surface area contributed by atoms with Crippen LogP contribution in [0, 0.1) is 0 Å². The second-order valence-corrected chi connectivity index (χ2v) is 7.09. The summed E-state index contributed by atoms with van der Waals surface area (Å²) in [7, 11) is 0. The second-order valence-electron chi connectivity index (χ2n) is 7.09. The molecule has 3 N–H and O–H groups in total. The molecule has 2 fully saturated rings. The SMILES string of the molecule is CC(C)(C)OC(=O)NC1(CC2(O)CCNC2)CCC1. The summed E-state index contributed by atoms with van der Waals surface area (Å²) in [4.78, 5) is 11.9. The molecule has 1 unspecified atom stereocenters. The Balaban J connectivity index is 1.93. The van der Waals surface area contributed by atoms with Gasteiger partial charge in [0.25, 0.3) is 0 Å². The third-order valence-electron chi connectivity index (χ3n) is 3.97. The highest BCUT2D eigenvalue weighted by Gasteiger charge is 2.46. The zero-order chi connectivity index (χ0) is 14.1. The Morgan fingerprint density at radius 3 is 2.47 bits per heavy atom. The monoisotopic (exact) mass is 270 g/mol. The third-order valence-corrected chi connectivity index (χ3v) is 3.97. The summed E-state index contributed by atoms with van der Waals surface area (Å²) in [5.41, 5.74) is -1.45. The summed E-state index contributed by atoms with van der Waals surface area (Å²) in [6.07, 6.45) is 3.95. The summed E-state index contributed by atoms with van der Waals surface area (Å²) in [5.74, 6) is 0. The Bertz CT molecular complexity index is 339. The third kappa shape index (κ3) is 3.83. The van der Waals surface area contributed by atoms with Crippen LogP contribution in [0.15, 0.2) is 0 Å². The van der Waals surface area contributed by atoms with Gasteiger partial charge < -0.3 is 20.5 Å². The van der Waals surface area contributed by atoms with E-state index in [2.05, 4.69) is 10.6 Å². The van der Waals surface area contributed by atoms with Crippen LogP contribution in [0.25, 0.3) is 0 Å². The number of ether oxygens (including phenoxy) is 1. The molecule has 0 aromatic heterocycles. The number of amides is 1. The highest BCUT2D eigenvalue weighted by atomic mass is 16.6. The number of hydrogen-bond donors (Lipinski definition) is 3. The lowest BCUT2D eigenvalue weighted by atomic mass is 9.70. The minimum atomic E-state index is -0.685. The molecule has 1 amide bonds. The molecule has 1 aliphatic heterocycles.